The molecule has 0 spiro atoms. The number of hydrogen-bond donors (Lipinski definition) is 2. The molecule has 2 N–H and O–H groups in total. The summed E-state index contributed by atoms with van der Waals surface area (Å²) in [7, 11) is 0. The minimum absolute atomic E-state index is 0.119. The van der Waals surface area contributed by atoms with Crippen molar-refractivity contribution in [2.75, 3.05) is 18.4 Å². The lowest BCUT2D eigenvalue weighted by molar-refractivity contribution is -0.121. The number of amides is 1. The molecule has 3 nitrogen and oxygen atoms in total. The summed E-state index contributed by atoms with van der Waals surface area (Å²) < 4.78 is 1.04. The van der Waals surface area contributed by atoms with E-state index in [0.29, 0.717) is 0 Å². The Morgan fingerprint density at radius 2 is 2.38 bits per heavy atom. The van der Waals surface area contributed by atoms with Gasteiger partial charge in [-0.3, -0.25) is 4.79 Å². The Morgan fingerprint density at radius 1 is 1.62 bits per heavy atom. The molecule has 0 aliphatic carbocycles. The molecule has 1 aromatic heterocycles. The first-order chi connectivity index (χ1) is 6.25. The van der Waals surface area contributed by atoms with Crippen LogP contribution in [-0.4, -0.2) is 19.0 Å². The standard InChI is InChI=1S/C8H9BrN2OS/c9-6-1-2-7(13-6)11-8(12)5-3-10-4-5/h1-2,5,10H,3-4H2,(H,11,12). The van der Waals surface area contributed by atoms with Crippen molar-refractivity contribution in [3.05, 3.63) is 15.9 Å². The summed E-state index contributed by atoms with van der Waals surface area (Å²) in [6, 6.07) is 3.83. The number of nitrogens with one attached hydrogen (secondary N) is 2. The molecule has 5 heteroatoms. The van der Waals surface area contributed by atoms with Gasteiger partial charge in [-0.1, -0.05) is 0 Å². The molecule has 1 aromatic rings. The quantitative estimate of drug-likeness (QED) is 0.850. The highest BCUT2D eigenvalue weighted by Crippen LogP contribution is 2.26. The van der Waals surface area contributed by atoms with Crippen LogP contribution in [-0.2, 0) is 4.79 Å². The monoisotopic (exact) mass is 260 g/mol. The molecule has 2 heterocycles. The zero-order valence-corrected chi connectivity index (χ0v) is 9.24. The fourth-order valence-corrected chi connectivity index (χ4v) is 2.37. The van der Waals surface area contributed by atoms with E-state index in [-0.39, 0.29) is 11.8 Å². The molecule has 70 valence electrons. The van der Waals surface area contributed by atoms with Crippen LogP contribution < -0.4 is 10.6 Å². The van der Waals surface area contributed by atoms with Crippen LogP contribution in [0.2, 0.25) is 0 Å². The third-order valence-electron chi connectivity index (χ3n) is 1.97. The van der Waals surface area contributed by atoms with Crippen LogP contribution in [0.4, 0.5) is 5.00 Å². The second-order valence-corrected chi connectivity index (χ2v) is 5.41. The van der Waals surface area contributed by atoms with E-state index in [9.17, 15) is 4.79 Å². The number of anilines is 1. The Labute approximate surface area is 88.7 Å². The number of halogens is 1. The Hall–Kier alpha value is -0.390. The number of carbonyl (C=O) groups excluding carboxylic acids is 1. The molecule has 0 radical (unpaired) electrons. The number of rotatable bonds is 2. The molecule has 13 heavy (non-hydrogen) atoms. The summed E-state index contributed by atoms with van der Waals surface area (Å²) >= 11 is 4.88. The van der Waals surface area contributed by atoms with Gasteiger partial charge in [-0.2, -0.15) is 0 Å². The van der Waals surface area contributed by atoms with Gasteiger partial charge in [-0.05, 0) is 28.1 Å². The lowest BCUT2D eigenvalue weighted by atomic mass is 10.0. The van der Waals surface area contributed by atoms with Gasteiger partial charge in [0.15, 0.2) is 0 Å². The van der Waals surface area contributed by atoms with Gasteiger partial charge < -0.3 is 10.6 Å². The van der Waals surface area contributed by atoms with Gasteiger partial charge in [0, 0.05) is 13.1 Å². The van der Waals surface area contributed by atoms with E-state index in [0.717, 1.165) is 21.9 Å². The zero-order chi connectivity index (χ0) is 9.26. The van der Waals surface area contributed by atoms with Gasteiger partial charge in [0.25, 0.3) is 0 Å². The maximum atomic E-state index is 11.4. The lowest BCUT2D eigenvalue weighted by Gasteiger charge is -2.25. The van der Waals surface area contributed by atoms with E-state index in [1.54, 1.807) is 0 Å². The Kier molecular flexibility index (Phi) is 2.66. The average molecular weight is 261 g/mol. The van der Waals surface area contributed by atoms with Gasteiger partial charge in [-0.25, -0.2) is 0 Å². The summed E-state index contributed by atoms with van der Waals surface area (Å²) in [4.78, 5) is 11.4. The van der Waals surface area contributed by atoms with Crippen molar-refractivity contribution < 1.29 is 4.79 Å². The first-order valence-corrected chi connectivity index (χ1v) is 5.63. The van der Waals surface area contributed by atoms with Crippen LogP contribution in [0.3, 0.4) is 0 Å². The Balaban J connectivity index is 1.93. The molecule has 1 amide bonds. The van der Waals surface area contributed by atoms with E-state index < -0.39 is 0 Å². The highest BCUT2D eigenvalue weighted by Gasteiger charge is 2.24. The highest BCUT2D eigenvalue weighted by atomic mass is 79.9. The van der Waals surface area contributed by atoms with Crippen LogP contribution in [0.1, 0.15) is 0 Å². The molecule has 0 bridgehead atoms. The summed E-state index contributed by atoms with van der Waals surface area (Å²) in [5, 5.41) is 6.85. The van der Waals surface area contributed by atoms with Gasteiger partial charge in [0.05, 0.1) is 14.7 Å². The van der Waals surface area contributed by atoms with Gasteiger partial charge >= 0.3 is 0 Å². The molecule has 2 rings (SSSR count). The van der Waals surface area contributed by atoms with E-state index in [1.807, 2.05) is 12.1 Å². The van der Waals surface area contributed by atoms with Crippen LogP contribution in [0.5, 0.6) is 0 Å². The predicted octanol–water partition coefficient (Wildman–Crippen LogP) is 1.67. The lowest BCUT2D eigenvalue weighted by Crippen LogP contribution is -2.48. The minimum atomic E-state index is 0.119. The fourth-order valence-electron chi connectivity index (χ4n) is 1.08. The van der Waals surface area contributed by atoms with Crippen LogP contribution in [0.25, 0.3) is 0 Å². The van der Waals surface area contributed by atoms with Gasteiger partial charge in [-0.15, -0.1) is 11.3 Å². The van der Waals surface area contributed by atoms with Crippen molar-refractivity contribution in [1.29, 1.82) is 0 Å². The van der Waals surface area contributed by atoms with Crippen molar-refractivity contribution in [3.8, 4) is 0 Å². The number of carbonyl (C=O) groups is 1. The maximum Gasteiger partial charge on any atom is 0.230 e. The van der Waals surface area contributed by atoms with E-state index in [4.69, 9.17) is 0 Å². The molecule has 0 saturated carbocycles. The maximum absolute atomic E-state index is 11.4. The molecule has 0 unspecified atom stereocenters. The second-order valence-electron chi connectivity index (χ2n) is 2.95. The molecular weight excluding hydrogens is 252 g/mol. The van der Waals surface area contributed by atoms with Crippen LogP contribution >= 0.6 is 27.3 Å². The fraction of sp³-hybridized carbons (Fsp3) is 0.375. The molecule has 1 aliphatic heterocycles. The SMILES string of the molecule is O=C(Nc1ccc(Br)s1)C1CNC1. The third-order valence-corrected chi connectivity index (χ3v) is 3.51. The largest absolute Gasteiger partial charge is 0.317 e. The zero-order valence-electron chi connectivity index (χ0n) is 6.84. The summed E-state index contributed by atoms with van der Waals surface area (Å²) in [6.07, 6.45) is 0. The summed E-state index contributed by atoms with van der Waals surface area (Å²) in [5.74, 6) is 0.272. The molecule has 1 fully saturated rings. The van der Waals surface area contributed by atoms with Crippen molar-refractivity contribution in [2.45, 2.75) is 0 Å². The highest BCUT2D eigenvalue weighted by molar-refractivity contribution is 9.11. The average Bonchev–Trinajstić information content (AvgIpc) is 2.31. The topological polar surface area (TPSA) is 41.1 Å². The normalized spacial score (nSPS) is 16.7. The minimum Gasteiger partial charge on any atom is -0.317 e. The number of hydrogen-bond acceptors (Lipinski definition) is 3. The van der Waals surface area contributed by atoms with Crippen LogP contribution in [0.15, 0.2) is 15.9 Å². The number of thiophene rings is 1. The molecule has 0 atom stereocenters. The summed E-state index contributed by atoms with van der Waals surface area (Å²) in [6.45, 7) is 1.61. The first-order valence-electron chi connectivity index (χ1n) is 4.02. The van der Waals surface area contributed by atoms with E-state index >= 15 is 0 Å². The van der Waals surface area contributed by atoms with Gasteiger partial charge in [0.2, 0.25) is 5.91 Å². The van der Waals surface area contributed by atoms with Crippen molar-refractivity contribution in [2.24, 2.45) is 5.92 Å². The molecule has 1 saturated heterocycles. The van der Waals surface area contributed by atoms with E-state index in [1.165, 1.54) is 11.3 Å². The smallest absolute Gasteiger partial charge is 0.230 e. The predicted molar refractivity (Wildman–Crippen MR) is 57.0 cm³/mol. The Bertz CT molecular complexity index is 322. The first kappa shape index (κ1) is 9.18. The third kappa shape index (κ3) is 2.10. The van der Waals surface area contributed by atoms with Crippen molar-refractivity contribution in [3.63, 3.8) is 0 Å². The van der Waals surface area contributed by atoms with Crippen molar-refractivity contribution in [1.82, 2.24) is 5.32 Å². The van der Waals surface area contributed by atoms with Crippen molar-refractivity contribution >= 4 is 38.2 Å². The van der Waals surface area contributed by atoms with Crippen LogP contribution in [0, 0.1) is 5.92 Å². The molecule has 1 aliphatic rings. The van der Waals surface area contributed by atoms with E-state index in [2.05, 4.69) is 26.6 Å². The molecular formula is C8H9BrN2OS. The Morgan fingerprint density at radius 3 is 2.85 bits per heavy atom. The van der Waals surface area contributed by atoms with Gasteiger partial charge in [0.1, 0.15) is 0 Å². The summed E-state index contributed by atoms with van der Waals surface area (Å²) in [5.41, 5.74) is 0. The second kappa shape index (κ2) is 3.77. The molecule has 0 aromatic carbocycles.